The molecule has 1 aromatic heterocycles. The number of aryl methyl sites for hydroxylation is 1. The van der Waals surface area contributed by atoms with Crippen molar-refractivity contribution in [2.24, 2.45) is 7.05 Å². The van der Waals surface area contributed by atoms with Crippen LogP contribution in [0.3, 0.4) is 0 Å². The Labute approximate surface area is 71.7 Å². The van der Waals surface area contributed by atoms with Gasteiger partial charge in [-0.3, -0.25) is 4.68 Å². The summed E-state index contributed by atoms with van der Waals surface area (Å²) in [5, 5.41) is 13.1. The van der Waals surface area contributed by atoms with Gasteiger partial charge >= 0.3 is 0 Å². The van der Waals surface area contributed by atoms with Crippen LogP contribution in [-0.4, -0.2) is 14.9 Å². The molecule has 1 rings (SSSR count). The number of hydrogen-bond acceptors (Lipinski definition) is 2. The zero-order valence-corrected chi connectivity index (χ0v) is 7.65. The number of aliphatic hydroxyl groups is 1. The Kier molecular flexibility index (Phi) is 2.33. The third-order valence-corrected chi connectivity index (χ3v) is 2.63. The van der Waals surface area contributed by atoms with Crippen LogP contribution in [0.1, 0.15) is 5.69 Å². The number of nitrogens with zero attached hydrogens (tertiary/aromatic N) is 2. The number of halogens is 2. The second kappa shape index (κ2) is 2.90. The van der Waals surface area contributed by atoms with Gasteiger partial charge < -0.3 is 5.11 Å². The van der Waals surface area contributed by atoms with Crippen molar-refractivity contribution < 1.29 is 5.11 Å². The summed E-state index contributed by atoms with van der Waals surface area (Å²) in [7, 11) is 1.71. The molecule has 1 N–H and O–H groups in total. The average molecular weight is 225 g/mol. The summed E-state index contributed by atoms with van der Waals surface area (Å²) in [6.45, 7) is -0.0961. The number of aromatic nitrogens is 2. The van der Waals surface area contributed by atoms with E-state index in [4.69, 9.17) is 16.7 Å². The third-order valence-electron chi connectivity index (χ3n) is 1.14. The third kappa shape index (κ3) is 1.19. The lowest BCUT2D eigenvalue weighted by atomic mass is 10.5. The van der Waals surface area contributed by atoms with Crippen LogP contribution in [0.5, 0.6) is 0 Å². The van der Waals surface area contributed by atoms with Gasteiger partial charge in [-0.15, -0.1) is 0 Å². The van der Waals surface area contributed by atoms with E-state index in [1.54, 1.807) is 7.05 Å². The molecule has 0 aromatic carbocycles. The van der Waals surface area contributed by atoms with Crippen LogP contribution in [0.4, 0.5) is 0 Å². The van der Waals surface area contributed by atoms with E-state index in [0.717, 1.165) is 0 Å². The lowest BCUT2D eigenvalue weighted by Crippen LogP contribution is -1.91. The monoisotopic (exact) mass is 224 g/mol. The number of hydrogen-bond donors (Lipinski definition) is 1. The second-order valence-corrected chi connectivity index (χ2v) is 2.98. The van der Waals surface area contributed by atoms with Crippen LogP contribution >= 0.6 is 27.5 Å². The number of rotatable bonds is 1. The summed E-state index contributed by atoms with van der Waals surface area (Å²) in [5.41, 5.74) is 0.563. The highest BCUT2D eigenvalue weighted by Crippen LogP contribution is 2.24. The van der Waals surface area contributed by atoms with Gasteiger partial charge in [-0.05, 0) is 15.9 Å². The Hall–Kier alpha value is -0.0600. The topological polar surface area (TPSA) is 38.0 Å². The van der Waals surface area contributed by atoms with Crippen LogP contribution in [-0.2, 0) is 13.7 Å². The maximum absolute atomic E-state index is 8.69. The predicted octanol–water partition coefficient (Wildman–Crippen LogP) is 1.33. The molecule has 1 heterocycles. The zero-order valence-electron chi connectivity index (χ0n) is 5.30. The first-order valence-corrected chi connectivity index (χ1v) is 3.81. The summed E-state index contributed by atoms with van der Waals surface area (Å²) in [5.74, 6) is 0. The molecule has 0 bridgehead atoms. The SMILES string of the molecule is Cn1nc(CO)c(Br)c1Cl. The van der Waals surface area contributed by atoms with Gasteiger partial charge in [0, 0.05) is 7.05 Å². The van der Waals surface area contributed by atoms with E-state index in [9.17, 15) is 0 Å². The molecule has 5 heteroatoms. The van der Waals surface area contributed by atoms with Crippen LogP contribution in [0.2, 0.25) is 5.15 Å². The maximum atomic E-state index is 8.69. The Morgan fingerprint density at radius 1 is 1.80 bits per heavy atom. The van der Waals surface area contributed by atoms with Gasteiger partial charge in [-0.1, -0.05) is 11.6 Å². The molecule has 0 unspecified atom stereocenters. The van der Waals surface area contributed by atoms with E-state index in [1.165, 1.54) is 4.68 Å². The lowest BCUT2D eigenvalue weighted by molar-refractivity contribution is 0.275. The Morgan fingerprint density at radius 2 is 2.40 bits per heavy atom. The highest BCUT2D eigenvalue weighted by atomic mass is 79.9. The highest BCUT2D eigenvalue weighted by molar-refractivity contribution is 9.10. The molecule has 56 valence electrons. The molecular formula is C5H6BrClN2O. The molecule has 0 atom stereocenters. The van der Waals surface area contributed by atoms with Gasteiger partial charge in [-0.25, -0.2) is 0 Å². The van der Waals surface area contributed by atoms with Crippen molar-refractivity contribution in [1.29, 1.82) is 0 Å². The van der Waals surface area contributed by atoms with Crippen LogP contribution in [0, 0.1) is 0 Å². The quantitative estimate of drug-likeness (QED) is 0.783. The predicted molar refractivity (Wildman–Crippen MR) is 41.8 cm³/mol. The average Bonchev–Trinajstić information content (AvgIpc) is 2.17. The van der Waals surface area contributed by atoms with Crippen molar-refractivity contribution in [2.75, 3.05) is 0 Å². The van der Waals surface area contributed by atoms with E-state index in [0.29, 0.717) is 15.3 Å². The van der Waals surface area contributed by atoms with E-state index < -0.39 is 0 Å². The first kappa shape index (κ1) is 8.04. The summed E-state index contributed by atoms with van der Waals surface area (Å²) in [6.07, 6.45) is 0. The zero-order chi connectivity index (χ0) is 7.72. The summed E-state index contributed by atoms with van der Waals surface area (Å²) < 4.78 is 2.16. The molecule has 3 nitrogen and oxygen atoms in total. The molecule has 0 aliphatic carbocycles. The largest absolute Gasteiger partial charge is 0.390 e. The molecule has 0 radical (unpaired) electrons. The minimum Gasteiger partial charge on any atom is -0.390 e. The molecule has 0 fully saturated rings. The van der Waals surface area contributed by atoms with E-state index in [-0.39, 0.29) is 6.61 Å². The molecule has 10 heavy (non-hydrogen) atoms. The Morgan fingerprint density at radius 3 is 2.60 bits per heavy atom. The fourth-order valence-corrected chi connectivity index (χ4v) is 1.24. The van der Waals surface area contributed by atoms with Gasteiger partial charge in [0.15, 0.2) is 0 Å². The van der Waals surface area contributed by atoms with Crippen molar-refractivity contribution in [3.63, 3.8) is 0 Å². The van der Waals surface area contributed by atoms with E-state index >= 15 is 0 Å². The number of aliphatic hydroxyl groups excluding tert-OH is 1. The summed E-state index contributed by atoms with van der Waals surface area (Å²) in [4.78, 5) is 0. The van der Waals surface area contributed by atoms with Crippen LogP contribution in [0.25, 0.3) is 0 Å². The summed E-state index contributed by atoms with van der Waals surface area (Å²) in [6, 6.07) is 0. The minimum atomic E-state index is -0.0961. The van der Waals surface area contributed by atoms with Crippen molar-refractivity contribution in [3.8, 4) is 0 Å². The fraction of sp³-hybridized carbons (Fsp3) is 0.400. The summed E-state index contributed by atoms with van der Waals surface area (Å²) >= 11 is 8.91. The minimum absolute atomic E-state index is 0.0961. The molecule has 0 aliphatic rings. The van der Waals surface area contributed by atoms with Crippen molar-refractivity contribution in [3.05, 3.63) is 15.3 Å². The second-order valence-electron chi connectivity index (χ2n) is 1.83. The van der Waals surface area contributed by atoms with Crippen LogP contribution < -0.4 is 0 Å². The standard InChI is InChI=1S/C5H6BrClN2O/c1-9-5(7)4(6)3(2-10)8-9/h10H,2H2,1H3. The van der Waals surface area contributed by atoms with Gasteiger partial charge in [0.1, 0.15) is 10.8 Å². The smallest absolute Gasteiger partial charge is 0.141 e. The molecular weight excluding hydrogens is 219 g/mol. The molecule has 0 amide bonds. The maximum Gasteiger partial charge on any atom is 0.141 e. The van der Waals surface area contributed by atoms with Crippen LogP contribution in [0.15, 0.2) is 4.47 Å². The molecule has 0 aliphatic heterocycles. The highest BCUT2D eigenvalue weighted by Gasteiger charge is 2.09. The Bertz CT molecular complexity index is 248. The van der Waals surface area contributed by atoms with Crippen molar-refractivity contribution in [2.45, 2.75) is 6.61 Å². The lowest BCUT2D eigenvalue weighted by Gasteiger charge is -1.86. The fourth-order valence-electron chi connectivity index (χ4n) is 0.631. The van der Waals surface area contributed by atoms with Gasteiger partial charge in [-0.2, -0.15) is 5.10 Å². The van der Waals surface area contributed by atoms with Gasteiger partial charge in [0.05, 0.1) is 11.1 Å². The Balaban J connectivity index is 3.17. The normalized spacial score (nSPS) is 10.4. The molecule has 0 saturated heterocycles. The molecule has 0 spiro atoms. The van der Waals surface area contributed by atoms with Gasteiger partial charge in [0.25, 0.3) is 0 Å². The first-order valence-electron chi connectivity index (χ1n) is 2.64. The first-order chi connectivity index (χ1) is 4.66. The van der Waals surface area contributed by atoms with Crippen molar-refractivity contribution in [1.82, 2.24) is 9.78 Å². The van der Waals surface area contributed by atoms with E-state index in [2.05, 4.69) is 21.0 Å². The van der Waals surface area contributed by atoms with Crippen molar-refractivity contribution >= 4 is 27.5 Å². The molecule has 1 aromatic rings. The van der Waals surface area contributed by atoms with E-state index in [1.807, 2.05) is 0 Å². The molecule has 0 saturated carbocycles. The van der Waals surface area contributed by atoms with Gasteiger partial charge in [0.2, 0.25) is 0 Å².